The van der Waals surface area contributed by atoms with E-state index in [1.165, 1.54) is 0 Å². The van der Waals surface area contributed by atoms with Crippen molar-refractivity contribution in [2.45, 2.75) is 12.8 Å². The van der Waals surface area contributed by atoms with E-state index >= 15 is 0 Å². The van der Waals surface area contributed by atoms with Crippen LogP contribution in [0.4, 0.5) is 0 Å². The van der Waals surface area contributed by atoms with Crippen molar-refractivity contribution in [2.75, 3.05) is 6.54 Å². The summed E-state index contributed by atoms with van der Waals surface area (Å²) in [7, 11) is 1.87. The van der Waals surface area contributed by atoms with E-state index in [0.29, 0.717) is 28.3 Å². The van der Waals surface area contributed by atoms with Crippen LogP contribution < -0.4 is 5.32 Å². The number of carbonyl (C=O) groups excluding carboxylic acids is 2. The van der Waals surface area contributed by atoms with Crippen LogP contribution in [0.25, 0.3) is 0 Å². The van der Waals surface area contributed by atoms with Crippen molar-refractivity contribution in [3.63, 3.8) is 0 Å². The van der Waals surface area contributed by atoms with E-state index in [9.17, 15) is 9.59 Å². The number of nitrogens with zero attached hydrogens (tertiary/aromatic N) is 2. The maximum Gasteiger partial charge on any atom is 0.252 e. The van der Waals surface area contributed by atoms with E-state index in [4.69, 9.17) is 11.6 Å². The lowest BCUT2D eigenvalue weighted by Gasteiger charge is -2.10. The zero-order valence-corrected chi connectivity index (χ0v) is 15.7. The van der Waals surface area contributed by atoms with Crippen molar-refractivity contribution < 1.29 is 9.59 Å². The van der Waals surface area contributed by atoms with Gasteiger partial charge in [0, 0.05) is 35.9 Å². The van der Waals surface area contributed by atoms with Crippen LogP contribution in [0.3, 0.4) is 0 Å². The Hall–Kier alpha value is -2.92. The van der Waals surface area contributed by atoms with E-state index < -0.39 is 0 Å². The van der Waals surface area contributed by atoms with Gasteiger partial charge in [0.05, 0.1) is 11.8 Å². The minimum atomic E-state index is -0.251. The molecule has 2 aromatic carbocycles. The average Bonchev–Trinajstić information content (AvgIpc) is 3.10. The Morgan fingerprint density at radius 3 is 2.44 bits per heavy atom. The number of halogens is 1. The van der Waals surface area contributed by atoms with Gasteiger partial charge in [-0.15, -0.1) is 0 Å². The van der Waals surface area contributed by atoms with Crippen molar-refractivity contribution in [2.24, 2.45) is 7.05 Å². The third-order valence-electron chi connectivity index (χ3n) is 4.21. The Bertz CT molecular complexity index is 948. The smallest absolute Gasteiger partial charge is 0.252 e. The molecular weight excluding hydrogens is 362 g/mol. The van der Waals surface area contributed by atoms with Gasteiger partial charge in [0.15, 0.2) is 5.78 Å². The fraction of sp³-hybridized carbons (Fsp3) is 0.190. The predicted molar refractivity (Wildman–Crippen MR) is 105 cm³/mol. The highest BCUT2D eigenvalue weighted by atomic mass is 35.5. The number of hydrogen-bond donors (Lipinski definition) is 1. The van der Waals surface area contributed by atoms with E-state index in [-0.39, 0.29) is 11.7 Å². The largest absolute Gasteiger partial charge is 0.352 e. The Morgan fingerprint density at radius 1 is 1.07 bits per heavy atom. The van der Waals surface area contributed by atoms with Gasteiger partial charge in [0.25, 0.3) is 5.91 Å². The molecule has 0 bridgehead atoms. The Balaban J connectivity index is 1.64. The summed E-state index contributed by atoms with van der Waals surface area (Å²) in [6.45, 7) is 0.525. The van der Waals surface area contributed by atoms with Crippen molar-refractivity contribution >= 4 is 23.3 Å². The van der Waals surface area contributed by atoms with Crippen molar-refractivity contribution in [1.82, 2.24) is 15.1 Å². The molecule has 0 unspecified atom stereocenters. The van der Waals surface area contributed by atoms with Crippen molar-refractivity contribution in [1.29, 1.82) is 0 Å². The molecule has 0 spiro atoms. The van der Waals surface area contributed by atoms with Crippen LogP contribution in [-0.2, 0) is 13.5 Å². The summed E-state index contributed by atoms with van der Waals surface area (Å²) >= 11 is 5.88. The van der Waals surface area contributed by atoms with Gasteiger partial charge in [-0.1, -0.05) is 29.8 Å². The number of carbonyl (C=O) groups is 2. The number of nitrogens with one attached hydrogen (secondary N) is 1. The molecule has 5 nitrogen and oxygen atoms in total. The number of rotatable bonds is 7. The van der Waals surface area contributed by atoms with Crippen molar-refractivity contribution in [3.05, 3.63) is 88.2 Å². The molecule has 0 fully saturated rings. The van der Waals surface area contributed by atoms with Crippen LogP contribution >= 0.6 is 11.6 Å². The van der Waals surface area contributed by atoms with E-state index in [1.807, 2.05) is 19.4 Å². The molecule has 27 heavy (non-hydrogen) atoms. The van der Waals surface area contributed by atoms with Crippen LogP contribution in [-0.4, -0.2) is 28.0 Å². The van der Waals surface area contributed by atoms with Gasteiger partial charge in [0.1, 0.15) is 0 Å². The zero-order chi connectivity index (χ0) is 19.2. The summed E-state index contributed by atoms with van der Waals surface area (Å²) in [5.74, 6) is -0.452. The monoisotopic (exact) mass is 381 g/mol. The molecule has 1 amide bonds. The molecule has 0 aliphatic rings. The maximum atomic E-state index is 12.8. The number of aryl methyl sites for hydroxylation is 2. The van der Waals surface area contributed by atoms with Gasteiger partial charge in [-0.25, -0.2) is 0 Å². The topological polar surface area (TPSA) is 64.0 Å². The average molecular weight is 382 g/mol. The van der Waals surface area contributed by atoms with Gasteiger partial charge in [-0.05, 0) is 48.7 Å². The molecular formula is C21H20ClN3O2. The highest BCUT2D eigenvalue weighted by molar-refractivity contribution is 6.30. The molecule has 0 aliphatic carbocycles. The lowest BCUT2D eigenvalue weighted by atomic mass is 9.98. The van der Waals surface area contributed by atoms with Gasteiger partial charge in [-0.2, -0.15) is 5.10 Å². The third-order valence-corrected chi connectivity index (χ3v) is 4.46. The van der Waals surface area contributed by atoms with Gasteiger partial charge < -0.3 is 5.32 Å². The van der Waals surface area contributed by atoms with Crippen LogP contribution in [0.15, 0.2) is 60.9 Å². The van der Waals surface area contributed by atoms with Crippen molar-refractivity contribution in [3.8, 4) is 0 Å². The first-order valence-electron chi connectivity index (χ1n) is 8.69. The molecule has 6 heteroatoms. The molecule has 138 valence electrons. The maximum absolute atomic E-state index is 12.8. The molecule has 1 heterocycles. The van der Waals surface area contributed by atoms with Gasteiger partial charge in [-0.3, -0.25) is 14.3 Å². The number of aromatic nitrogens is 2. The molecule has 0 aliphatic heterocycles. The highest BCUT2D eigenvalue weighted by Crippen LogP contribution is 2.17. The van der Waals surface area contributed by atoms with Crippen LogP contribution in [0, 0.1) is 0 Å². The molecule has 0 atom stereocenters. The third kappa shape index (κ3) is 4.83. The number of amides is 1. The lowest BCUT2D eigenvalue weighted by Crippen LogP contribution is -2.26. The molecule has 3 aromatic rings. The first-order chi connectivity index (χ1) is 13.0. The molecule has 0 saturated carbocycles. The quantitative estimate of drug-likeness (QED) is 0.501. The first-order valence-corrected chi connectivity index (χ1v) is 9.07. The van der Waals surface area contributed by atoms with Crippen LogP contribution in [0.2, 0.25) is 5.02 Å². The summed E-state index contributed by atoms with van der Waals surface area (Å²) in [4.78, 5) is 25.3. The summed E-state index contributed by atoms with van der Waals surface area (Å²) < 4.78 is 1.76. The zero-order valence-electron chi connectivity index (χ0n) is 15.0. The standard InChI is InChI=1S/C21H20ClN3O2/c1-25-14-15(13-24-25)5-4-12-23-21(27)19-7-3-2-6-18(19)20(26)16-8-10-17(22)11-9-16/h2-3,6-11,13-14H,4-5,12H2,1H3,(H,23,27). The minimum absolute atomic E-state index is 0.201. The number of hydrogen-bond acceptors (Lipinski definition) is 3. The highest BCUT2D eigenvalue weighted by Gasteiger charge is 2.17. The Morgan fingerprint density at radius 2 is 1.78 bits per heavy atom. The second-order valence-corrected chi connectivity index (χ2v) is 6.70. The normalized spacial score (nSPS) is 10.6. The lowest BCUT2D eigenvalue weighted by molar-refractivity contribution is 0.0941. The summed E-state index contributed by atoms with van der Waals surface area (Å²) in [6, 6.07) is 13.5. The van der Waals surface area contributed by atoms with Crippen LogP contribution in [0.5, 0.6) is 0 Å². The fourth-order valence-corrected chi connectivity index (χ4v) is 2.95. The SMILES string of the molecule is Cn1cc(CCCNC(=O)c2ccccc2C(=O)c2ccc(Cl)cc2)cn1. The number of benzene rings is 2. The molecule has 0 radical (unpaired) electrons. The van der Waals surface area contributed by atoms with E-state index in [1.54, 1.807) is 53.2 Å². The van der Waals surface area contributed by atoms with E-state index in [2.05, 4.69) is 10.4 Å². The van der Waals surface area contributed by atoms with Gasteiger partial charge >= 0.3 is 0 Å². The summed E-state index contributed by atoms with van der Waals surface area (Å²) in [6.07, 6.45) is 5.41. The second kappa shape index (κ2) is 8.64. The van der Waals surface area contributed by atoms with E-state index in [0.717, 1.165) is 18.4 Å². The predicted octanol–water partition coefficient (Wildman–Crippen LogP) is 3.67. The summed E-state index contributed by atoms with van der Waals surface area (Å²) in [5, 5.41) is 7.58. The number of ketones is 1. The molecule has 3 rings (SSSR count). The fourth-order valence-electron chi connectivity index (χ4n) is 2.83. The Kier molecular flexibility index (Phi) is 6.04. The molecule has 1 aromatic heterocycles. The van der Waals surface area contributed by atoms with Crippen LogP contribution in [0.1, 0.15) is 38.3 Å². The van der Waals surface area contributed by atoms with Gasteiger partial charge in [0.2, 0.25) is 0 Å². The first kappa shape index (κ1) is 18.9. The Labute approximate surface area is 163 Å². The minimum Gasteiger partial charge on any atom is -0.352 e. The molecule has 0 saturated heterocycles. The second-order valence-electron chi connectivity index (χ2n) is 6.26. The molecule has 1 N–H and O–H groups in total. The summed E-state index contributed by atoms with van der Waals surface area (Å²) in [5.41, 5.74) is 2.38.